The molecule has 0 amide bonds. The van der Waals surface area contributed by atoms with Gasteiger partial charge in [-0.05, 0) is 45.4 Å². The fourth-order valence-electron chi connectivity index (χ4n) is 2.28. The standard InChI is InChI=1S/C14H29N3O.HI/c1-4-15-14(16-10-11-18-5-2)17-13-8-6-12(3)7-9-13;/h12-13H,4-11H2,1-3H3,(H2,15,16,17);1H. The van der Waals surface area contributed by atoms with Gasteiger partial charge in [0.1, 0.15) is 0 Å². The molecule has 1 saturated carbocycles. The fraction of sp³-hybridized carbons (Fsp3) is 0.929. The van der Waals surface area contributed by atoms with Crippen LogP contribution in [0.25, 0.3) is 0 Å². The van der Waals surface area contributed by atoms with E-state index in [4.69, 9.17) is 4.74 Å². The van der Waals surface area contributed by atoms with E-state index in [1.54, 1.807) is 0 Å². The summed E-state index contributed by atoms with van der Waals surface area (Å²) < 4.78 is 5.30. The molecule has 1 fully saturated rings. The average molecular weight is 383 g/mol. The Morgan fingerprint density at radius 1 is 1.21 bits per heavy atom. The number of nitrogens with zero attached hydrogens (tertiary/aromatic N) is 1. The number of hydrogen-bond acceptors (Lipinski definition) is 2. The fourth-order valence-corrected chi connectivity index (χ4v) is 2.28. The predicted molar refractivity (Wildman–Crippen MR) is 92.4 cm³/mol. The highest BCUT2D eigenvalue weighted by Gasteiger charge is 2.18. The van der Waals surface area contributed by atoms with Crippen molar-refractivity contribution >= 4 is 29.9 Å². The van der Waals surface area contributed by atoms with Gasteiger partial charge in [-0.25, -0.2) is 0 Å². The largest absolute Gasteiger partial charge is 0.380 e. The summed E-state index contributed by atoms with van der Waals surface area (Å²) in [6.45, 7) is 9.56. The van der Waals surface area contributed by atoms with Gasteiger partial charge in [0.25, 0.3) is 0 Å². The Morgan fingerprint density at radius 3 is 2.47 bits per heavy atom. The van der Waals surface area contributed by atoms with E-state index in [-0.39, 0.29) is 24.0 Å². The maximum Gasteiger partial charge on any atom is 0.191 e. The van der Waals surface area contributed by atoms with Crippen LogP contribution in [0.3, 0.4) is 0 Å². The van der Waals surface area contributed by atoms with E-state index >= 15 is 0 Å². The van der Waals surface area contributed by atoms with Crippen LogP contribution >= 0.6 is 24.0 Å². The monoisotopic (exact) mass is 383 g/mol. The van der Waals surface area contributed by atoms with E-state index in [1.807, 2.05) is 6.92 Å². The second kappa shape index (κ2) is 11.8. The predicted octanol–water partition coefficient (Wildman–Crippen LogP) is 2.77. The molecule has 1 rings (SSSR count). The maximum absolute atomic E-state index is 5.30. The quantitative estimate of drug-likeness (QED) is 0.321. The molecule has 0 bridgehead atoms. The van der Waals surface area contributed by atoms with Gasteiger partial charge in [-0.3, -0.25) is 4.99 Å². The summed E-state index contributed by atoms with van der Waals surface area (Å²) in [5.41, 5.74) is 0. The summed E-state index contributed by atoms with van der Waals surface area (Å²) in [7, 11) is 0. The molecule has 4 nitrogen and oxygen atoms in total. The average Bonchev–Trinajstić information content (AvgIpc) is 2.37. The molecule has 0 saturated heterocycles. The first kappa shape index (κ1) is 19.0. The first-order valence-corrected chi connectivity index (χ1v) is 7.38. The van der Waals surface area contributed by atoms with Crippen molar-refractivity contribution in [3.8, 4) is 0 Å². The van der Waals surface area contributed by atoms with E-state index < -0.39 is 0 Å². The van der Waals surface area contributed by atoms with Crippen LogP contribution in [0.15, 0.2) is 4.99 Å². The van der Waals surface area contributed by atoms with Gasteiger partial charge >= 0.3 is 0 Å². The summed E-state index contributed by atoms with van der Waals surface area (Å²) in [4.78, 5) is 4.53. The van der Waals surface area contributed by atoms with Gasteiger partial charge in [0.05, 0.1) is 13.2 Å². The number of aliphatic imine (C=N–C) groups is 1. The Hall–Kier alpha value is -0.0400. The zero-order chi connectivity index (χ0) is 13.2. The summed E-state index contributed by atoms with van der Waals surface area (Å²) in [6, 6.07) is 0.589. The first-order chi connectivity index (χ1) is 8.76. The van der Waals surface area contributed by atoms with Crippen LogP contribution in [0.1, 0.15) is 46.5 Å². The van der Waals surface area contributed by atoms with Crippen molar-refractivity contribution in [2.75, 3.05) is 26.3 Å². The van der Waals surface area contributed by atoms with E-state index in [1.165, 1.54) is 25.7 Å². The lowest BCUT2D eigenvalue weighted by molar-refractivity contribution is 0.155. The highest BCUT2D eigenvalue weighted by molar-refractivity contribution is 14.0. The third kappa shape index (κ3) is 8.68. The first-order valence-electron chi connectivity index (χ1n) is 7.38. The van der Waals surface area contributed by atoms with Crippen LogP contribution in [-0.4, -0.2) is 38.3 Å². The zero-order valence-corrected chi connectivity index (χ0v) is 14.9. The van der Waals surface area contributed by atoms with E-state index in [0.29, 0.717) is 12.6 Å². The highest BCUT2D eigenvalue weighted by Crippen LogP contribution is 2.23. The van der Waals surface area contributed by atoms with Crippen LogP contribution in [0, 0.1) is 5.92 Å². The smallest absolute Gasteiger partial charge is 0.191 e. The second-order valence-corrected chi connectivity index (χ2v) is 5.06. The van der Waals surface area contributed by atoms with Crippen LogP contribution in [0.2, 0.25) is 0 Å². The SMILES string of the molecule is CCNC(=NCCOCC)NC1CCC(C)CC1.I. The van der Waals surface area contributed by atoms with Crippen LogP contribution in [-0.2, 0) is 4.74 Å². The normalized spacial score (nSPS) is 23.6. The van der Waals surface area contributed by atoms with Gasteiger partial charge in [0.2, 0.25) is 0 Å². The number of ether oxygens (including phenoxy) is 1. The topological polar surface area (TPSA) is 45.7 Å². The van der Waals surface area contributed by atoms with Crippen molar-refractivity contribution in [1.82, 2.24) is 10.6 Å². The minimum Gasteiger partial charge on any atom is -0.380 e. The summed E-state index contributed by atoms with van der Waals surface area (Å²) in [5, 5.41) is 6.84. The van der Waals surface area contributed by atoms with Crippen molar-refractivity contribution in [3.63, 3.8) is 0 Å². The molecule has 0 spiro atoms. The van der Waals surface area contributed by atoms with E-state index in [0.717, 1.165) is 31.6 Å². The molecule has 0 atom stereocenters. The lowest BCUT2D eigenvalue weighted by Gasteiger charge is -2.28. The molecule has 0 unspecified atom stereocenters. The Labute approximate surface area is 135 Å². The Bertz CT molecular complexity index is 241. The second-order valence-electron chi connectivity index (χ2n) is 5.06. The van der Waals surface area contributed by atoms with Crippen molar-refractivity contribution in [2.45, 2.75) is 52.5 Å². The molecule has 5 heteroatoms. The van der Waals surface area contributed by atoms with Gasteiger partial charge in [-0.2, -0.15) is 0 Å². The molecular formula is C14H30IN3O. The van der Waals surface area contributed by atoms with Gasteiger partial charge in [-0.15, -0.1) is 24.0 Å². The molecule has 0 heterocycles. The molecule has 0 aliphatic heterocycles. The lowest BCUT2D eigenvalue weighted by Crippen LogP contribution is -2.44. The zero-order valence-electron chi connectivity index (χ0n) is 12.6. The van der Waals surface area contributed by atoms with Crippen molar-refractivity contribution in [3.05, 3.63) is 0 Å². The number of halogens is 1. The van der Waals surface area contributed by atoms with Gasteiger partial charge in [-0.1, -0.05) is 6.92 Å². The number of guanidine groups is 1. The van der Waals surface area contributed by atoms with Crippen LogP contribution < -0.4 is 10.6 Å². The number of nitrogens with one attached hydrogen (secondary N) is 2. The van der Waals surface area contributed by atoms with E-state index in [2.05, 4.69) is 29.5 Å². The van der Waals surface area contributed by atoms with Gasteiger partial charge < -0.3 is 15.4 Å². The third-order valence-electron chi connectivity index (χ3n) is 3.41. The summed E-state index contributed by atoms with van der Waals surface area (Å²) in [6.07, 6.45) is 5.18. The number of hydrogen-bond donors (Lipinski definition) is 2. The molecule has 19 heavy (non-hydrogen) atoms. The van der Waals surface area contributed by atoms with Gasteiger partial charge in [0.15, 0.2) is 5.96 Å². The third-order valence-corrected chi connectivity index (χ3v) is 3.41. The van der Waals surface area contributed by atoms with E-state index in [9.17, 15) is 0 Å². The van der Waals surface area contributed by atoms with Crippen molar-refractivity contribution < 1.29 is 4.74 Å². The Balaban J connectivity index is 0.00000324. The highest BCUT2D eigenvalue weighted by atomic mass is 127. The molecule has 0 radical (unpaired) electrons. The molecular weight excluding hydrogens is 353 g/mol. The maximum atomic E-state index is 5.30. The summed E-state index contributed by atoms with van der Waals surface area (Å²) >= 11 is 0. The minimum absolute atomic E-state index is 0. The molecule has 0 aromatic heterocycles. The molecule has 1 aliphatic rings. The van der Waals surface area contributed by atoms with Crippen molar-refractivity contribution in [1.29, 1.82) is 0 Å². The Kier molecular flexibility index (Phi) is 11.7. The molecule has 0 aromatic rings. The minimum atomic E-state index is 0. The molecule has 1 aliphatic carbocycles. The van der Waals surface area contributed by atoms with Crippen molar-refractivity contribution in [2.24, 2.45) is 10.9 Å². The molecule has 2 N–H and O–H groups in total. The van der Waals surface area contributed by atoms with Crippen LogP contribution in [0.5, 0.6) is 0 Å². The molecule has 0 aromatic carbocycles. The lowest BCUT2D eigenvalue weighted by atomic mass is 9.87. The summed E-state index contributed by atoms with van der Waals surface area (Å²) in [5.74, 6) is 1.83. The van der Waals surface area contributed by atoms with Gasteiger partial charge in [0, 0.05) is 19.2 Å². The molecule has 114 valence electrons. The van der Waals surface area contributed by atoms with Crippen LogP contribution in [0.4, 0.5) is 0 Å². The Morgan fingerprint density at radius 2 is 1.89 bits per heavy atom. The number of rotatable bonds is 6.